The summed E-state index contributed by atoms with van der Waals surface area (Å²) >= 11 is 4.57. The van der Waals surface area contributed by atoms with E-state index < -0.39 is 11.8 Å². The van der Waals surface area contributed by atoms with Gasteiger partial charge in [0.05, 0.1) is 24.2 Å². The van der Waals surface area contributed by atoms with Crippen molar-refractivity contribution in [2.75, 3.05) is 19.8 Å². The molecule has 4 N–H and O–H groups in total. The quantitative estimate of drug-likeness (QED) is 0.424. The Labute approximate surface area is 98.9 Å². The molecule has 1 atom stereocenters. The average molecular weight is 245 g/mol. The molecule has 1 fully saturated rings. The number of carbonyl (C=O) groups excluding carboxylic acids is 2. The summed E-state index contributed by atoms with van der Waals surface area (Å²) < 4.78 is 5.17. The lowest BCUT2D eigenvalue weighted by atomic mass is 10.1. The Morgan fingerprint density at radius 3 is 2.75 bits per heavy atom. The summed E-state index contributed by atoms with van der Waals surface area (Å²) in [7, 11) is 0. The lowest BCUT2D eigenvalue weighted by Gasteiger charge is -2.22. The molecular weight excluding hydrogens is 230 g/mol. The summed E-state index contributed by atoms with van der Waals surface area (Å²) in [6, 6.07) is -0.0863. The van der Waals surface area contributed by atoms with Gasteiger partial charge in [0.25, 0.3) is 0 Å². The average Bonchev–Trinajstić information content (AvgIpc) is 2.27. The van der Waals surface area contributed by atoms with Crippen LogP contribution in [0.4, 0.5) is 0 Å². The van der Waals surface area contributed by atoms with Crippen LogP contribution < -0.4 is 16.4 Å². The van der Waals surface area contributed by atoms with E-state index in [1.165, 1.54) is 0 Å². The third-order valence-electron chi connectivity index (χ3n) is 2.12. The molecule has 1 aliphatic rings. The highest BCUT2D eigenvalue weighted by atomic mass is 32.1. The number of rotatable bonds is 3. The Bertz CT molecular complexity index is 290. The zero-order valence-electron chi connectivity index (χ0n) is 8.82. The smallest absolute Gasteiger partial charge is 0.309 e. The normalized spacial score (nSPS) is 19.9. The first-order valence-electron chi connectivity index (χ1n) is 5.04. The molecule has 0 spiro atoms. The second-order valence-electron chi connectivity index (χ2n) is 3.54. The van der Waals surface area contributed by atoms with E-state index in [0.29, 0.717) is 13.2 Å². The summed E-state index contributed by atoms with van der Waals surface area (Å²) in [6.45, 7) is 1.19. The third kappa shape index (κ3) is 4.54. The first-order valence-corrected chi connectivity index (χ1v) is 5.45. The number of carbonyl (C=O) groups is 2. The van der Waals surface area contributed by atoms with Gasteiger partial charge in [0, 0.05) is 6.61 Å². The molecule has 16 heavy (non-hydrogen) atoms. The van der Waals surface area contributed by atoms with E-state index in [2.05, 4.69) is 22.9 Å². The number of hydrogen-bond donors (Lipinski definition) is 3. The van der Waals surface area contributed by atoms with Gasteiger partial charge >= 0.3 is 11.8 Å². The SMILES string of the molecule is NC(=S)CNC(=O)C(=O)NC1CCCOC1. The molecular formula is C9H15N3O3S. The van der Waals surface area contributed by atoms with Crippen molar-refractivity contribution >= 4 is 29.0 Å². The minimum Gasteiger partial charge on any atom is -0.392 e. The molecule has 1 heterocycles. The number of ether oxygens (including phenoxy) is 1. The number of nitrogens with two attached hydrogens (primary N) is 1. The van der Waals surface area contributed by atoms with E-state index in [1.54, 1.807) is 0 Å². The van der Waals surface area contributed by atoms with Gasteiger partial charge in [0.1, 0.15) is 0 Å². The highest BCUT2D eigenvalue weighted by Crippen LogP contribution is 2.05. The highest BCUT2D eigenvalue weighted by molar-refractivity contribution is 7.80. The van der Waals surface area contributed by atoms with Crippen LogP contribution in [-0.2, 0) is 14.3 Å². The van der Waals surface area contributed by atoms with Crippen LogP contribution in [0, 0.1) is 0 Å². The first-order chi connectivity index (χ1) is 7.59. The van der Waals surface area contributed by atoms with Crippen molar-refractivity contribution in [3.05, 3.63) is 0 Å². The third-order valence-corrected chi connectivity index (χ3v) is 2.27. The zero-order valence-corrected chi connectivity index (χ0v) is 9.64. The molecule has 90 valence electrons. The Kier molecular flexibility index (Phi) is 5.13. The van der Waals surface area contributed by atoms with Gasteiger partial charge in [-0.1, -0.05) is 12.2 Å². The van der Waals surface area contributed by atoms with Crippen LogP contribution in [0.2, 0.25) is 0 Å². The van der Waals surface area contributed by atoms with E-state index in [0.717, 1.165) is 12.8 Å². The summed E-state index contributed by atoms with van der Waals surface area (Å²) in [5, 5.41) is 4.90. The van der Waals surface area contributed by atoms with Crippen molar-refractivity contribution in [1.82, 2.24) is 10.6 Å². The van der Waals surface area contributed by atoms with Crippen molar-refractivity contribution in [2.45, 2.75) is 18.9 Å². The molecule has 1 aliphatic heterocycles. The topological polar surface area (TPSA) is 93.5 Å². The minimum absolute atomic E-state index is 0.0305. The molecule has 0 aliphatic carbocycles. The maximum absolute atomic E-state index is 11.4. The van der Waals surface area contributed by atoms with E-state index in [9.17, 15) is 9.59 Å². The van der Waals surface area contributed by atoms with Gasteiger partial charge in [-0.2, -0.15) is 0 Å². The molecule has 0 radical (unpaired) electrons. The van der Waals surface area contributed by atoms with Gasteiger partial charge in [-0.25, -0.2) is 0 Å². The lowest BCUT2D eigenvalue weighted by molar-refractivity contribution is -0.140. The van der Waals surface area contributed by atoms with E-state index in [4.69, 9.17) is 10.5 Å². The van der Waals surface area contributed by atoms with Crippen LogP contribution >= 0.6 is 12.2 Å². The lowest BCUT2D eigenvalue weighted by Crippen LogP contribution is -2.48. The maximum atomic E-state index is 11.4. The predicted octanol–water partition coefficient (Wildman–Crippen LogP) is -1.32. The summed E-state index contributed by atoms with van der Waals surface area (Å²) in [5.41, 5.74) is 5.19. The van der Waals surface area contributed by atoms with Crippen molar-refractivity contribution < 1.29 is 14.3 Å². The second-order valence-corrected chi connectivity index (χ2v) is 4.06. The van der Waals surface area contributed by atoms with Crippen molar-refractivity contribution in [3.8, 4) is 0 Å². The molecule has 1 unspecified atom stereocenters. The maximum Gasteiger partial charge on any atom is 0.309 e. The molecule has 1 saturated heterocycles. The fraction of sp³-hybridized carbons (Fsp3) is 0.667. The molecule has 6 nitrogen and oxygen atoms in total. The van der Waals surface area contributed by atoms with E-state index >= 15 is 0 Å². The second kappa shape index (κ2) is 6.39. The van der Waals surface area contributed by atoms with Gasteiger partial charge in [-0.15, -0.1) is 0 Å². The Morgan fingerprint density at radius 2 is 2.19 bits per heavy atom. The standard InChI is InChI=1S/C9H15N3O3S/c10-7(16)4-11-8(13)9(14)12-6-2-1-3-15-5-6/h6H,1-5H2,(H2,10,16)(H,11,13)(H,12,14). The van der Waals surface area contributed by atoms with Gasteiger partial charge in [-0.05, 0) is 12.8 Å². The summed E-state index contributed by atoms with van der Waals surface area (Å²) in [4.78, 5) is 22.7. The van der Waals surface area contributed by atoms with Crippen molar-refractivity contribution in [2.24, 2.45) is 5.73 Å². The largest absolute Gasteiger partial charge is 0.392 e. The van der Waals surface area contributed by atoms with Crippen LogP contribution in [0.15, 0.2) is 0 Å². The van der Waals surface area contributed by atoms with Crippen molar-refractivity contribution in [3.63, 3.8) is 0 Å². The van der Waals surface area contributed by atoms with Crippen LogP contribution in [0.3, 0.4) is 0 Å². The monoisotopic (exact) mass is 245 g/mol. The molecule has 0 aromatic carbocycles. The van der Waals surface area contributed by atoms with Crippen LogP contribution in [0.1, 0.15) is 12.8 Å². The number of hydrogen-bond acceptors (Lipinski definition) is 4. The van der Waals surface area contributed by atoms with Crippen molar-refractivity contribution in [1.29, 1.82) is 0 Å². The Morgan fingerprint density at radius 1 is 1.44 bits per heavy atom. The number of amides is 2. The molecule has 0 aromatic rings. The van der Waals surface area contributed by atoms with Gasteiger partial charge in [-0.3, -0.25) is 9.59 Å². The fourth-order valence-electron chi connectivity index (χ4n) is 1.35. The minimum atomic E-state index is -0.724. The highest BCUT2D eigenvalue weighted by Gasteiger charge is 2.20. The predicted molar refractivity (Wildman–Crippen MR) is 61.8 cm³/mol. The molecule has 0 aromatic heterocycles. The van der Waals surface area contributed by atoms with Gasteiger partial charge in [0.15, 0.2) is 0 Å². The van der Waals surface area contributed by atoms with Crippen LogP contribution in [0.5, 0.6) is 0 Å². The van der Waals surface area contributed by atoms with Crippen LogP contribution in [0.25, 0.3) is 0 Å². The van der Waals surface area contributed by atoms with Crippen LogP contribution in [-0.4, -0.2) is 42.6 Å². The first kappa shape index (κ1) is 12.9. The van der Waals surface area contributed by atoms with Gasteiger partial charge in [0.2, 0.25) is 0 Å². The molecule has 0 bridgehead atoms. The summed E-state index contributed by atoms with van der Waals surface area (Å²) in [6.07, 6.45) is 1.72. The fourth-order valence-corrected chi connectivity index (χ4v) is 1.43. The van der Waals surface area contributed by atoms with E-state index in [1.807, 2.05) is 0 Å². The number of nitrogens with one attached hydrogen (secondary N) is 2. The number of thiocarbonyl (C=S) groups is 1. The van der Waals surface area contributed by atoms with E-state index in [-0.39, 0.29) is 17.6 Å². The Balaban J connectivity index is 2.27. The molecule has 7 heteroatoms. The summed E-state index contributed by atoms with van der Waals surface area (Å²) in [5.74, 6) is -1.40. The zero-order chi connectivity index (χ0) is 12.0. The molecule has 0 saturated carbocycles. The Hall–Kier alpha value is -1.21. The van der Waals surface area contributed by atoms with Gasteiger partial charge < -0.3 is 21.1 Å². The molecule has 2 amide bonds. The molecule has 1 rings (SSSR count).